The zero-order valence-electron chi connectivity index (χ0n) is 20.5. The van der Waals surface area contributed by atoms with Crippen molar-refractivity contribution in [2.45, 2.75) is 45.2 Å². The van der Waals surface area contributed by atoms with Crippen LogP contribution in [0.4, 0.5) is 0 Å². The van der Waals surface area contributed by atoms with Crippen LogP contribution in [0.15, 0.2) is 48.5 Å². The third-order valence-electron chi connectivity index (χ3n) is 6.63. The van der Waals surface area contributed by atoms with Crippen molar-refractivity contribution in [2.75, 3.05) is 39.5 Å². The van der Waals surface area contributed by atoms with Gasteiger partial charge in [-0.1, -0.05) is 36.4 Å². The Morgan fingerprint density at radius 2 is 1.83 bits per heavy atom. The van der Waals surface area contributed by atoms with Gasteiger partial charge in [-0.2, -0.15) is 0 Å². The van der Waals surface area contributed by atoms with E-state index in [1.165, 1.54) is 0 Å². The predicted molar refractivity (Wildman–Crippen MR) is 135 cm³/mol. The Balaban J connectivity index is 1.50. The molecule has 0 radical (unpaired) electrons. The topological polar surface area (TPSA) is 79.9 Å². The molecule has 2 aromatic carbocycles. The molecular formula is C28H37N3O4. The minimum atomic E-state index is -0.0775. The van der Waals surface area contributed by atoms with Gasteiger partial charge in [-0.05, 0) is 55.7 Å². The lowest BCUT2D eigenvalue weighted by Gasteiger charge is -2.24. The Morgan fingerprint density at radius 3 is 2.66 bits per heavy atom. The van der Waals surface area contributed by atoms with Gasteiger partial charge in [-0.25, -0.2) is 0 Å². The number of hydrogen-bond acceptors (Lipinski definition) is 5. The summed E-state index contributed by atoms with van der Waals surface area (Å²) >= 11 is 0. The fourth-order valence-electron chi connectivity index (χ4n) is 4.57. The first-order valence-electron chi connectivity index (χ1n) is 12.8. The van der Waals surface area contributed by atoms with Crippen molar-refractivity contribution in [3.8, 4) is 5.75 Å². The number of benzene rings is 2. The summed E-state index contributed by atoms with van der Waals surface area (Å²) in [4.78, 5) is 27.6. The van der Waals surface area contributed by atoms with Crippen LogP contribution in [-0.2, 0) is 22.6 Å². The minimum Gasteiger partial charge on any atom is -0.493 e. The zero-order chi connectivity index (χ0) is 24.3. The maximum absolute atomic E-state index is 12.9. The molecule has 0 bridgehead atoms. The molecule has 0 aromatic heterocycles. The van der Waals surface area contributed by atoms with E-state index in [-0.39, 0.29) is 11.8 Å². The summed E-state index contributed by atoms with van der Waals surface area (Å²) in [6.07, 6.45) is 4.78. The number of ether oxygens (including phenoxy) is 2. The van der Waals surface area contributed by atoms with Crippen LogP contribution in [0.1, 0.15) is 53.6 Å². The molecule has 2 N–H and O–H groups in total. The SMILES string of the molecule is O=C1CN(Cc2ccccc2)Cc2ccc(C(=O)NCC3CCOCC3)cc2OCCCCCN1. The maximum Gasteiger partial charge on any atom is 0.251 e. The van der Waals surface area contributed by atoms with Gasteiger partial charge in [0.2, 0.25) is 5.91 Å². The van der Waals surface area contributed by atoms with Crippen molar-refractivity contribution in [3.05, 3.63) is 65.2 Å². The maximum atomic E-state index is 12.9. The predicted octanol–water partition coefficient (Wildman–Crippen LogP) is 3.52. The average molecular weight is 480 g/mol. The van der Waals surface area contributed by atoms with Crippen molar-refractivity contribution in [1.82, 2.24) is 15.5 Å². The lowest BCUT2D eigenvalue weighted by atomic mass is 10.0. The second kappa shape index (κ2) is 13.3. The van der Waals surface area contributed by atoms with E-state index in [9.17, 15) is 9.59 Å². The molecule has 7 heteroatoms. The summed E-state index contributed by atoms with van der Waals surface area (Å²) in [5.41, 5.74) is 2.73. The monoisotopic (exact) mass is 479 g/mol. The molecule has 35 heavy (non-hydrogen) atoms. The second-order valence-corrected chi connectivity index (χ2v) is 9.48. The Hall–Kier alpha value is -2.90. The molecule has 2 aliphatic rings. The van der Waals surface area contributed by atoms with E-state index in [2.05, 4.69) is 27.7 Å². The van der Waals surface area contributed by atoms with Gasteiger partial charge in [-0.3, -0.25) is 14.5 Å². The summed E-state index contributed by atoms with van der Waals surface area (Å²) < 4.78 is 11.6. The number of carbonyl (C=O) groups is 2. The lowest BCUT2D eigenvalue weighted by Crippen LogP contribution is -2.37. The highest BCUT2D eigenvalue weighted by Crippen LogP contribution is 2.24. The van der Waals surface area contributed by atoms with E-state index >= 15 is 0 Å². The van der Waals surface area contributed by atoms with E-state index in [0.29, 0.717) is 50.8 Å². The Labute approximate surface area is 208 Å². The largest absolute Gasteiger partial charge is 0.493 e. The van der Waals surface area contributed by atoms with Crippen molar-refractivity contribution in [2.24, 2.45) is 5.92 Å². The number of amides is 2. The van der Waals surface area contributed by atoms with Gasteiger partial charge in [0.25, 0.3) is 5.91 Å². The van der Waals surface area contributed by atoms with Gasteiger partial charge in [0.15, 0.2) is 0 Å². The summed E-state index contributed by atoms with van der Waals surface area (Å²) in [5, 5.41) is 6.13. The number of nitrogens with zero attached hydrogens (tertiary/aromatic N) is 1. The highest BCUT2D eigenvalue weighted by molar-refractivity contribution is 5.94. The van der Waals surface area contributed by atoms with Gasteiger partial charge in [0.05, 0.1) is 13.2 Å². The molecule has 2 aromatic rings. The van der Waals surface area contributed by atoms with Crippen LogP contribution in [0.2, 0.25) is 0 Å². The normalized spacial score (nSPS) is 18.7. The highest BCUT2D eigenvalue weighted by Gasteiger charge is 2.19. The van der Waals surface area contributed by atoms with E-state index in [1.54, 1.807) is 0 Å². The summed E-state index contributed by atoms with van der Waals surface area (Å²) in [6.45, 7) is 5.00. The number of carbonyl (C=O) groups excluding carboxylic acids is 2. The lowest BCUT2D eigenvalue weighted by molar-refractivity contribution is -0.122. The van der Waals surface area contributed by atoms with E-state index < -0.39 is 0 Å². The third kappa shape index (κ3) is 8.08. The molecule has 2 heterocycles. The van der Waals surface area contributed by atoms with Crippen molar-refractivity contribution in [3.63, 3.8) is 0 Å². The zero-order valence-corrected chi connectivity index (χ0v) is 20.5. The van der Waals surface area contributed by atoms with E-state index in [0.717, 1.165) is 62.2 Å². The first-order valence-corrected chi connectivity index (χ1v) is 12.8. The molecule has 2 aliphatic heterocycles. The van der Waals surface area contributed by atoms with Crippen LogP contribution in [0, 0.1) is 5.92 Å². The first-order chi connectivity index (χ1) is 17.2. The molecule has 188 valence electrons. The Morgan fingerprint density at radius 1 is 1.00 bits per heavy atom. The number of hydrogen-bond donors (Lipinski definition) is 2. The van der Waals surface area contributed by atoms with Gasteiger partial charge in [0.1, 0.15) is 5.75 Å². The van der Waals surface area contributed by atoms with Crippen LogP contribution in [0.5, 0.6) is 5.75 Å². The first kappa shape index (κ1) is 25.2. The quantitative estimate of drug-likeness (QED) is 0.686. The molecule has 7 nitrogen and oxygen atoms in total. The van der Waals surface area contributed by atoms with Crippen LogP contribution in [-0.4, -0.2) is 56.2 Å². The summed E-state index contributed by atoms with van der Waals surface area (Å²) in [6, 6.07) is 15.8. The van der Waals surface area contributed by atoms with Crippen molar-refractivity contribution in [1.29, 1.82) is 0 Å². The van der Waals surface area contributed by atoms with Gasteiger partial charge < -0.3 is 20.1 Å². The smallest absolute Gasteiger partial charge is 0.251 e. The Bertz CT molecular complexity index is 960. The molecule has 0 saturated carbocycles. The summed E-state index contributed by atoms with van der Waals surface area (Å²) in [7, 11) is 0. The molecule has 2 amide bonds. The van der Waals surface area contributed by atoms with Crippen LogP contribution < -0.4 is 15.4 Å². The van der Waals surface area contributed by atoms with Crippen molar-refractivity contribution < 1.29 is 19.1 Å². The molecule has 0 aliphatic carbocycles. The minimum absolute atomic E-state index is 0.0340. The second-order valence-electron chi connectivity index (χ2n) is 9.48. The summed E-state index contributed by atoms with van der Waals surface area (Å²) in [5.74, 6) is 1.15. The van der Waals surface area contributed by atoms with Crippen LogP contribution in [0.25, 0.3) is 0 Å². The standard InChI is InChI=1S/C28H37N3O4/c32-27-21-31(19-23-7-3-1-4-8-23)20-25-10-9-24(17-26(25)35-14-6-2-5-13-29-27)28(33)30-18-22-11-15-34-16-12-22/h1,3-4,7-10,17,22H,2,5-6,11-16,18-21H2,(H,29,32)(H,30,33). The third-order valence-corrected chi connectivity index (χ3v) is 6.63. The van der Waals surface area contributed by atoms with Gasteiger partial charge in [-0.15, -0.1) is 0 Å². The fraction of sp³-hybridized carbons (Fsp3) is 0.500. The fourth-order valence-corrected chi connectivity index (χ4v) is 4.57. The van der Waals surface area contributed by atoms with Crippen LogP contribution >= 0.6 is 0 Å². The molecule has 1 fully saturated rings. The van der Waals surface area contributed by atoms with Crippen molar-refractivity contribution >= 4 is 11.8 Å². The number of fused-ring (bicyclic) bond motifs is 1. The molecular weight excluding hydrogens is 442 g/mol. The molecule has 4 rings (SSSR count). The molecule has 0 atom stereocenters. The van der Waals surface area contributed by atoms with Gasteiger partial charge in [0, 0.05) is 50.5 Å². The van der Waals surface area contributed by atoms with E-state index in [1.807, 2.05) is 36.4 Å². The van der Waals surface area contributed by atoms with Crippen LogP contribution in [0.3, 0.4) is 0 Å². The van der Waals surface area contributed by atoms with E-state index in [4.69, 9.17) is 9.47 Å². The molecule has 0 unspecified atom stereocenters. The average Bonchev–Trinajstić information content (AvgIpc) is 2.89. The highest BCUT2D eigenvalue weighted by atomic mass is 16.5. The molecule has 0 spiro atoms. The van der Waals surface area contributed by atoms with Gasteiger partial charge >= 0.3 is 0 Å². The number of nitrogens with one attached hydrogen (secondary N) is 2. The number of rotatable bonds is 5. The Kier molecular flexibility index (Phi) is 9.55. The molecule has 1 saturated heterocycles.